The van der Waals surface area contributed by atoms with Gasteiger partial charge < -0.3 is 29.0 Å². The Labute approximate surface area is 224 Å². The van der Waals surface area contributed by atoms with Crippen LogP contribution in [0.15, 0.2) is 42.3 Å². The molecule has 1 fully saturated rings. The van der Waals surface area contributed by atoms with Gasteiger partial charge in [0.25, 0.3) is 5.91 Å². The second kappa shape index (κ2) is 13.9. The number of hydrogen-bond acceptors (Lipinski definition) is 7. The summed E-state index contributed by atoms with van der Waals surface area (Å²) in [6.07, 6.45) is 6.92. The average molecular weight is 529 g/mol. The Hall–Kier alpha value is -2.72. The van der Waals surface area contributed by atoms with Gasteiger partial charge in [-0.3, -0.25) is 14.2 Å². The van der Waals surface area contributed by atoms with E-state index in [9.17, 15) is 9.59 Å². The summed E-state index contributed by atoms with van der Waals surface area (Å²) in [5, 5.41) is 9.83. The van der Waals surface area contributed by atoms with Gasteiger partial charge in [0.15, 0.2) is 5.76 Å². The van der Waals surface area contributed by atoms with Crippen molar-refractivity contribution in [1.82, 2.24) is 9.47 Å². The predicted molar refractivity (Wildman–Crippen MR) is 143 cm³/mol. The number of piperidine rings is 1. The van der Waals surface area contributed by atoms with Gasteiger partial charge in [0, 0.05) is 56.6 Å². The van der Waals surface area contributed by atoms with Crippen LogP contribution in [0.3, 0.4) is 0 Å². The number of para-hydroxylation sites is 1. The van der Waals surface area contributed by atoms with E-state index >= 15 is 0 Å². The Kier molecular flexibility index (Phi) is 10.3. The molecule has 0 bridgehead atoms. The molecule has 1 aromatic carbocycles. The lowest BCUT2D eigenvalue weighted by Crippen LogP contribution is -2.42. The smallest absolute Gasteiger partial charge is 0.288 e. The third kappa shape index (κ3) is 6.64. The average Bonchev–Trinajstić information content (AvgIpc) is 3.33. The quantitative estimate of drug-likeness (QED) is 0.419. The number of aliphatic hydroxyl groups is 1. The first-order valence-electron chi connectivity index (χ1n) is 13.7. The fourth-order valence-corrected chi connectivity index (χ4v) is 5.38. The highest BCUT2D eigenvalue weighted by molar-refractivity contribution is 5.95. The van der Waals surface area contributed by atoms with E-state index in [1.165, 1.54) is 0 Å². The molecule has 1 aromatic heterocycles. The number of carbonyl (C=O) groups is 2. The van der Waals surface area contributed by atoms with Crippen molar-refractivity contribution in [2.24, 2.45) is 5.92 Å². The molecule has 2 aliphatic rings. The van der Waals surface area contributed by atoms with Crippen molar-refractivity contribution in [3.05, 3.63) is 47.9 Å². The number of allylic oxidation sites excluding steroid dienone is 1. The molecule has 3 atom stereocenters. The maximum atomic E-state index is 13.5. The van der Waals surface area contributed by atoms with Crippen molar-refractivity contribution in [3.63, 3.8) is 0 Å². The zero-order chi connectivity index (χ0) is 26.9. The molecule has 2 aromatic rings. The van der Waals surface area contributed by atoms with E-state index in [1.807, 2.05) is 48.4 Å². The third-order valence-corrected chi connectivity index (χ3v) is 7.21. The van der Waals surface area contributed by atoms with Gasteiger partial charge in [-0.2, -0.15) is 0 Å². The molecule has 1 unspecified atom stereocenters. The van der Waals surface area contributed by atoms with Gasteiger partial charge in [-0.05, 0) is 50.3 Å². The Morgan fingerprint density at radius 3 is 2.50 bits per heavy atom. The standard InChI is InChI=1S/C29H40N2O7/c1-3-37-29-23(11-15-35-17-18-36-16-14-32)24(19-27(38-29)28(34)30-12-7-4-8-13-30)25-20-31(21(2)33)26-10-6-5-9-22(25)26/h5-6,9-10,19-20,23-24,29,32H,3-4,7-8,11-18H2,1-2H3/t23-,24?,29-/m1/s1. The minimum Gasteiger partial charge on any atom is -0.459 e. The second-order valence-electron chi connectivity index (χ2n) is 9.74. The van der Waals surface area contributed by atoms with Crippen molar-refractivity contribution in [2.75, 3.05) is 52.7 Å². The third-order valence-electron chi connectivity index (χ3n) is 7.21. The van der Waals surface area contributed by atoms with Crippen LogP contribution in [0.2, 0.25) is 0 Å². The Morgan fingerprint density at radius 1 is 1.05 bits per heavy atom. The zero-order valence-electron chi connectivity index (χ0n) is 22.5. The molecule has 1 N–H and O–H groups in total. The van der Waals surface area contributed by atoms with E-state index < -0.39 is 6.29 Å². The number of likely N-dealkylation sites (tertiary alicyclic amines) is 1. The molecular formula is C29H40N2O7. The van der Waals surface area contributed by atoms with Crippen LogP contribution in [0.25, 0.3) is 10.9 Å². The van der Waals surface area contributed by atoms with Gasteiger partial charge in [0.1, 0.15) is 0 Å². The minimum absolute atomic E-state index is 0.0180. The van der Waals surface area contributed by atoms with Crippen molar-refractivity contribution >= 4 is 22.7 Å². The number of carbonyl (C=O) groups excluding carboxylic acids is 2. The Balaban J connectivity index is 1.66. The zero-order valence-corrected chi connectivity index (χ0v) is 22.5. The molecule has 1 saturated heterocycles. The Bertz CT molecular complexity index is 1110. The van der Waals surface area contributed by atoms with E-state index in [2.05, 4.69) is 0 Å². The lowest BCUT2D eigenvalue weighted by Gasteiger charge is -2.38. The van der Waals surface area contributed by atoms with Crippen LogP contribution in [-0.4, -0.2) is 85.4 Å². The lowest BCUT2D eigenvalue weighted by atomic mass is 9.81. The van der Waals surface area contributed by atoms with Gasteiger partial charge in [0.05, 0.1) is 31.9 Å². The van der Waals surface area contributed by atoms with E-state index in [4.69, 9.17) is 24.1 Å². The number of hydrogen-bond donors (Lipinski definition) is 1. The number of aromatic nitrogens is 1. The number of benzene rings is 1. The van der Waals surface area contributed by atoms with Crippen molar-refractivity contribution in [1.29, 1.82) is 0 Å². The number of rotatable bonds is 12. The highest BCUT2D eigenvalue weighted by atomic mass is 16.7. The highest BCUT2D eigenvalue weighted by Gasteiger charge is 2.40. The van der Waals surface area contributed by atoms with E-state index in [0.717, 1.165) is 48.8 Å². The highest BCUT2D eigenvalue weighted by Crippen LogP contribution is 2.42. The van der Waals surface area contributed by atoms with E-state index in [0.29, 0.717) is 38.6 Å². The van der Waals surface area contributed by atoms with Gasteiger partial charge in [-0.1, -0.05) is 18.2 Å². The summed E-state index contributed by atoms with van der Waals surface area (Å²) in [5.41, 5.74) is 1.80. The fraction of sp³-hybridized carbons (Fsp3) is 0.586. The van der Waals surface area contributed by atoms with Crippen LogP contribution in [0, 0.1) is 5.92 Å². The molecule has 0 aliphatic carbocycles. The molecule has 0 radical (unpaired) electrons. The van der Waals surface area contributed by atoms with Crippen LogP contribution in [-0.2, 0) is 23.7 Å². The first-order chi connectivity index (χ1) is 18.5. The van der Waals surface area contributed by atoms with Gasteiger partial charge in [0.2, 0.25) is 12.2 Å². The molecule has 4 rings (SSSR count). The maximum absolute atomic E-state index is 13.5. The molecule has 38 heavy (non-hydrogen) atoms. The van der Waals surface area contributed by atoms with Crippen LogP contribution in [0.5, 0.6) is 0 Å². The number of aliphatic hydroxyl groups excluding tert-OH is 1. The molecule has 0 saturated carbocycles. The molecular weight excluding hydrogens is 488 g/mol. The van der Waals surface area contributed by atoms with E-state index in [1.54, 1.807) is 11.5 Å². The van der Waals surface area contributed by atoms with Gasteiger partial charge in [-0.25, -0.2) is 0 Å². The second-order valence-corrected chi connectivity index (χ2v) is 9.74. The summed E-state index contributed by atoms with van der Waals surface area (Å²) in [4.78, 5) is 27.9. The summed E-state index contributed by atoms with van der Waals surface area (Å²) < 4.78 is 25.1. The normalized spacial score (nSPS) is 21.8. The molecule has 9 heteroatoms. The van der Waals surface area contributed by atoms with Crippen molar-refractivity contribution < 1.29 is 33.6 Å². The first kappa shape index (κ1) is 28.3. The number of ether oxygens (including phenoxy) is 4. The van der Waals surface area contributed by atoms with Gasteiger partial charge >= 0.3 is 0 Å². The Morgan fingerprint density at radius 2 is 1.79 bits per heavy atom. The minimum atomic E-state index is -0.632. The fourth-order valence-electron chi connectivity index (χ4n) is 5.38. The SMILES string of the molecule is CCO[C@@H]1OC(C(=O)N2CCCCC2)=CC(c2cn(C(C)=O)c3ccccc23)[C@H]1CCOCCOCCO. The largest absolute Gasteiger partial charge is 0.459 e. The number of nitrogens with zero attached hydrogens (tertiary/aromatic N) is 2. The molecule has 208 valence electrons. The monoisotopic (exact) mass is 528 g/mol. The summed E-state index contributed by atoms with van der Waals surface area (Å²) in [5.74, 6) is -0.228. The lowest BCUT2D eigenvalue weighted by molar-refractivity contribution is -0.172. The van der Waals surface area contributed by atoms with Crippen LogP contribution < -0.4 is 0 Å². The van der Waals surface area contributed by atoms with Crippen molar-refractivity contribution in [3.8, 4) is 0 Å². The number of fused-ring (bicyclic) bond motifs is 1. The maximum Gasteiger partial charge on any atom is 0.288 e. The summed E-state index contributed by atoms with van der Waals surface area (Å²) in [6, 6.07) is 7.84. The van der Waals surface area contributed by atoms with Crippen LogP contribution in [0.4, 0.5) is 0 Å². The van der Waals surface area contributed by atoms with Gasteiger partial charge in [-0.15, -0.1) is 0 Å². The first-order valence-corrected chi connectivity index (χ1v) is 13.7. The summed E-state index contributed by atoms with van der Waals surface area (Å²) in [6.45, 7) is 6.88. The molecule has 3 heterocycles. The van der Waals surface area contributed by atoms with Crippen LogP contribution >= 0.6 is 0 Å². The molecule has 1 amide bonds. The van der Waals surface area contributed by atoms with Crippen LogP contribution in [0.1, 0.15) is 55.8 Å². The topological polar surface area (TPSA) is 99.5 Å². The molecule has 9 nitrogen and oxygen atoms in total. The van der Waals surface area contributed by atoms with E-state index in [-0.39, 0.29) is 36.9 Å². The predicted octanol–water partition coefficient (Wildman–Crippen LogP) is 3.71. The molecule has 2 aliphatic heterocycles. The summed E-state index contributed by atoms with van der Waals surface area (Å²) >= 11 is 0. The number of amides is 1. The van der Waals surface area contributed by atoms with Crippen molar-refractivity contribution in [2.45, 2.75) is 51.7 Å². The summed E-state index contributed by atoms with van der Waals surface area (Å²) in [7, 11) is 0. The molecule has 0 spiro atoms.